The third-order valence-electron chi connectivity index (χ3n) is 4.38. The number of halogens is 1. The topological polar surface area (TPSA) is 70.4 Å². The number of nitrogens with zero attached hydrogens (tertiary/aromatic N) is 3. The Balaban J connectivity index is 1.78. The normalized spacial score (nSPS) is 19.1. The van der Waals surface area contributed by atoms with Crippen LogP contribution in [-0.2, 0) is 0 Å². The minimum atomic E-state index is -0.450. The summed E-state index contributed by atoms with van der Waals surface area (Å²) in [7, 11) is 0. The molecular weight excluding hydrogens is 311 g/mol. The van der Waals surface area contributed by atoms with Crippen molar-refractivity contribution >= 4 is 11.7 Å². The van der Waals surface area contributed by atoms with E-state index in [0.717, 1.165) is 12.8 Å². The zero-order valence-corrected chi connectivity index (χ0v) is 13.5. The molecule has 1 aliphatic heterocycles. The molecule has 2 amide bonds. The van der Waals surface area contributed by atoms with Crippen LogP contribution in [0.4, 0.5) is 14.9 Å². The van der Waals surface area contributed by atoms with Crippen LogP contribution in [0.5, 0.6) is 0 Å². The Morgan fingerprint density at radius 1 is 1.50 bits per heavy atom. The summed E-state index contributed by atoms with van der Waals surface area (Å²) >= 11 is 0. The van der Waals surface area contributed by atoms with Crippen molar-refractivity contribution in [1.82, 2.24) is 14.7 Å². The number of benzene rings is 1. The zero-order chi connectivity index (χ0) is 17.1. The highest BCUT2D eigenvalue weighted by atomic mass is 19.1. The Labute approximate surface area is 139 Å². The van der Waals surface area contributed by atoms with Crippen molar-refractivity contribution in [3.8, 4) is 5.69 Å². The molecule has 2 unspecified atom stereocenters. The summed E-state index contributed by atoms with van der Waals surface area (Å²) in [4.78, 5) is 14.2. The van der Waals surface area contributed by atoms with Crippen LogP contribution in [0.1, 0.15) is 19.8 Å². The van der Waals surface area contributed by atoms with Gasteiger partial charge in [0.25, 0.3) is 0 Å². The van der Waals surface area contributed by atoms with Crippen LogP contribution in [0, 0.1) is 11.7 Å². The first-order chi connectivity index (χ1) is 11.5. The monoisotopic (exact) mass is 332 g/mol. The van der Waals surface area contributed by atoms with E-state index in [4.69, 9.17) is 0 Å². The highest BCUT2D eigenvalue weighted by Gasteiger charge is 2.27. The number of hydrogen-bond acceptors (Lipinski definition) is 3. The minimum Gasteiger partial charge on any atom is -0.393 e. The highest BCUT2D eigenvalue weighted by Crippen LogP contribution is 2.24. The number of aromatic nitrogens is 2. The van der Waals surface area contributed by atoms with Gasteiger partial charge in [0.2, 0.25) is 0 Å². The predicted octanol–water partition coefficient (Wildman–Crippen LogP) is 2.64. The standard InChI is InChI=1S/C17H21FN4O2/c1-12(23)13-4-2-8-21(11-13)17(24)20-15-10-14(18)5-6-16(15)22-9-3-7-19-22/h3,5-7,9-10,12-13,23H,2,4,8,11H2,1H3,(H,20,24). The van der Waals surface area contributed by atoms with Crippen LogP contribution in [0.25, 0.3) is 5.69 Å². The van der Waals surface area contributed by atoms with Gasteiger partial charge in [-0.2, -0.15) is 5.10 Å². The van der Waals surface area contributed by atoms with E-state index in [0.29, 0.717) is 24.5 Å². The fourth-order valence-electron chi connectivity index (χ4n) is 3.00. The molecule has 0 saturated carbocycles. The summed E-state index contributed by atoms with van der Waals surface area (Å²) in [5.41, 5.74) is 0.960. The molecule has 1 aromatic carbocycles. The molecule has 2 N–H and O–H groups in total. The van der Waals surface area contributed by atoms with Gasteiger partial charge >= 0.3 is 6.03 Å². The van der Waals surface area contributed by atoms with Crippen molar-refractivity contribution in [1.29, 1.82) is 0 Å². The van der Waals surface area contributed by atoms with Gasteiger partial charge in [0, 0.05) is 31.4 Å². The van der Waals surface area contributed by atoms with Crippen molar-refractivity contribution in [2.24, 2.45) is 5.92 Å². The van der Waals surface area contributed by atoms with E-state index in [1.165, 1.54) is 12.1 Å². The molecule has 24 heavy (non-hydrogen) atoms. The molecule has 1 saturated heterocycles. The molecule has 1 fully saturated rings. The van der Waals surface area contributed by atoms with Gasteiger partial charge in [0.05, 0.1) is 17.5 Å². The third kappa shape index (κ3) is 3.56. The molecule has 0 spiro atoms. The van der Waals surface area contributed by atoms with Gasteiger partial charge in [-0.05, 0) is 44.0 Å². The van der Waals surface area contributed by atoms with E-state index >= 15 is 0 Å². The van der Waals surface area contributed by atoms with E-state index in [2.05, 4.69) is 10.4 Å². The van der Waals surface area contributed by atoms with E-state index in [1.54, 1.807) is 41.0 Å². The Kier molecular flexibility index (Phi) is 4.80. The van der Waals surface area contributed by atoms with Gasteiger partial charge in [-0.3, -0.25) is 0 Å². The van der Waals surface area contributed by atoms with Crippen LogP contribution in [0.2, 0.25) is 0 Å². The minimum absolute atomic E-state index is 0.0718. The molecule has 0 aliphatic carbocycles. The molecule has 1 aliphatic rings. The maximum Gasteiger partial charge on any atom is 0.321 e. The van der Waals surface area contributed by atoms with Crippen molar-refractivity contribution < 1.29 is 14.3 Å². The van der Waals surface area contributed by atoms with E-state index in [9.17, 15) is 14.3 Å². The number of carbonyl (C=O) groups is 1. The van der Waals surface area contributed by atoms with Gasteiger partial charge in [0.15, 0.2) is 0 Å². The SMILES string of the molecule is CC(O)C1CCCN(C(=O)Nc2cc(F)ccc2-n2cccn2)C1. The Bertz CT molecular complexity index is 703. The van der Waals surface area contributed by atoms with Crippen LogP contribution in [-0.4, -0.2) is 45.0 Å². The first-order valence-corrected chi connectivity index (χ1v) is 8.08. The van der Waals surface area contributed by atoms with E-state index in [-0.39, 0.29) is 11.9 Å². The predicted molar refractivity (Wildman–Crippen MR) is 88.5 cm³/mol. The fourth-order valence-corrected chi connectivity index (χ4v) is 3.00. The van der Waals surface area contributed by atoms with E-state index in [1.807, 2.05) is 0 Å². The van der Waals surface area contributed by atoms with Gasteiger partial charge in [-0.1, -0.05) is 0 Å². The lowest BCUT2D eigenvalue weighted by Gasteiger charge is -2.34. The number of carbonyl (C=O) groups excluding carboxylic acids is 1. The quantitative estimate of drug-likeness (QED) is 0.908. The second kappa shape index (κ2) is 7.00. The molecule has 0 bridgehead atoms. The number of urea groups is 1. The molecule has 6 nitrogen and oxygen atoms in total. The van der Waals surface area contributed by atoms with Crippen molar-refractivity contribution in [2.45, 2.75) is 25.9 Å². The number of anilines is 1. The summed E-state index contributed by atoms with van der Waals surface area (Å²) in [5.74, 6) is -0.357. The Morgan fingerprint density at radius 3 is 3.04 bits per heavy atom. The highest BCUT2D eigenvalue weighted by molar-refractivity contribution is 5.91. The van der Waals surface area contributed by atoms with Crippen LogP contribution in [0.3, 0.4) is 0 Å². The maximum absolute atomic E-state index is 13.6. The second-order valence-corrected chi connectivity index (χ2v) is 6.13. The summed E-state index contributed by atoms with van der Waals surface area (Å²) in [6.07, 6.45) is 4.65. The summed E-state index contributed by atoms with van der Waals surface area (Å²) in [5, 5.41) is 16.7. The van der Waals surface area contributed by atoms with E-state index < -0.39 is 11.9 Å². The largest absolute Gasteiger partial charge is 0.393 e. The molecule has 3 rings (SSSR count). The van der Waals surface area contributed by atoms with Crippen LogP contribution >= 0.6 is 0 Å². The number of amides is 2. The third-order valence-corrected chi connectivity index (χ3v) is 4.38. The van der Waals surface area contributed by atoms with Crippen molar-refractivity contribution in [3.05, 3.63) is 42.5 Å². The lowest BCUT2D eigenvalue weighted by atomic mass is 9.94. The number of likely N-dealkylation sites (tertiary alicyclic amines) is 1. The summed E-state index contributed by atoms with van der Waals surface area (Å²) < 4.78 is 15.2. The number of aliphatic hydroxyl groups excluding tert-OH is 1. The lowest BCUT2D eigenvalue weighted by Crippen LogP contribution is -2.44. The average Bonchev–Trinajstić information content (AvgIpc) is 3.09. The Morgan fingerprint density at radius 2 is 2.33 bits per heavy atom. The first kappa shape index (κ1) is 16.4. The summed E-state index contributed by atoms with van der Waals surface area (Å²) in [6.45, 7) is 2.87. The molecule has 2 atom stereocenters. The molecule has 7 heteroatoms. The molecule has 1 aromatic heterocycles. The number of aliphatic hydroxyl groups is 1. The molecule has 128 valence electrons. The van der Waals surface area contributed by atoms with Crippen molar-refractivity contribution in [3.63, 3.8) is 0 Å². The van der Waals surface area contributed by atoms with Gasteiger partial charge in [0.1, 0.15) is 5.82 Å². The van der Waals surface area contributed by atoms with Crippen LogP contribution in [0.15, 0.2) is 36.7 Å². The van der Waals surface area contributed by atoms with Gasteiger partial charge in [-0.15, -0.1) is 0 Å². The fraction of sp³-hybridized carbons (Fsp3) is 0.412. The molecular formula is C17H21FN4O2. The second-order valence-electron chi connectivity index (χ2n) is 6.13. The molecule has 0 radical (unpaired) electrons. The molecule has 2 heterocycles. The average molecular weight is 332 g/mol. The Hall–Kier alpha value is -2.41. The summed E-state index contributed by atoms with van der Waals surface area (Å²) in [6, 6.07) is 5.65. The zero-order valence-electron chi connectivity index (χ0n) is 13.5. The number of nitrogens with one attached hydrogen (secondary N) is 1. The van der Waals surface area contributed by atoms with Gasteiger partial charge in [-0.25, -0.2) is 13.9 Å². The first-order valence-electron chi connectivity index (χ1n) is 8.08. The number of rotatable bonds is 3. The smallest absolute Gasteiger partial charge is 0.321 e. The lowest BCUT2D eigenvalue weighted by molar-refractivity contribution is 0.0766. The number of hydrogen-bond donors (Lipinski definition) is 2. The van der Waals surface area contributed by atoms with Crippen molar-refractivity contribution in [2.75, 3.05) is 18.4 Å². The maximum atomic E-state index is 13.6. The van der Waals surface area contributed by atoms with Gasteiger partial charge < -0.3 is 15.3 Å². The van der Waals surface area contributed by atoms with Crippen LogP contribution < -0.4 is 5.32 Å². The number of piperidine rings is 1. The molecule has 2 aromatic rings.